The van der Waals surface area contributed by atoms with Gasteiger partial charge in [0.15, 0.2) is 0 Å². The predicted octanol–water partition coefficient (Wildman–Crippen LogP) is 1.44. The Morgan fingerprint density at radius 2 is 1.85 bits per heavy atom. The van der Waals surface area contributed by atoms with Crippen LogP contribution in [-0.2, 0) is 14.3 Å². The fourth-order valence-electron chi connectivity index (χ4n) is 0.780. The van der Waals surface area contributed by atoms with Crippen LogP contribution in [0.2, 0.25) is 0 Å². The van der Waals surface area contributed by atoms with Gasteiger partial charge in [0.1, 0.15) is 0 Å². The summed E-state index contributed by atoms with van der Waals surface area (Å²) in [5.41, 5.74) is 0. The number of aliphatic carboxylic acids is 1. The van der Waals surface area contributed by atoms with Gasteiger partial charge in [-0.15, -0.1) is 0 Å². The van der Waals surface area contributed by atoms with Gasteiger partial charge in [-0.1, -0.05) is 6.92 Å². The molecule has 0 aromatic carbocycles. The molecule has 0 aromatic rings. The highest BCUT2D eigenvalue weighted by Gasteiger charge is 2.13. The second-order valence-electron chi connectivity index (χ2n) is 3.32. The standard InChI is InChI=1S/C9H16O4/c1-6(2)13-8(10)5-4-7(3)9(11)12/h6-7H,4-5H2,1-3H3,(H,11,12). The van der Waals surface area contributed by atoms with E-state index in [2.05, 4.69) is 0 Å². The normalized spacial score (nSPS) is 12.6. The van der Waals surface area contributed by atoms with E-state index < -0.39 is 11.9 Å². The first-order valence-corrected chi connectivity index (χ1v) is 4.35. The lowest BCUT2D eigenvalue weighted by molar-refractivity contribution is -0.148. The van der Waals surface area contributed by atoms with Crippen molar-refractivity contribution in [2.45, 2.75) is 39.7 Å². The maximum Gasteiger partial charge on any atom is 0.306 e. The molecule has 0 aliphatic heterocycles. The van der Waals surface area contributed by atoms with Crippen LogP contribution in [0, 0.1) is 5.92 Å². The minimum Gasteiger partial charge on any atom is -0.481 e. The topological polar surface area (TPSA) is 63.6 Å². The monoisotopic (exact) mass is 188 g/mol. The van der Waals surface area contributed by atoms with Crippen molar-refractivity contribution in [3.05, 3.63) is 0 Å². The average Bonchev–Trinajstić information content (AvgIpc) is 1.98. The Balaban J connectivity index is 3.64. The van der Waals surface area contributed by atoms with Crippen molar-refractivity contribution < 1.29 is 19.4 Å². The van der Waals surface area contributed by atoms with E-state index in [0.29, 0.717) is 6.42 Å². The molecule has 4 heteroatoms. The van der Waals surface area contributed by atoms with Crippen LogP contribution in [0.1, 0.15) is 33.6 Å². The van der Waals surface area contributed by atoms with E-state index in [1.807, 2.05) is 0 Å². The van der Waals surface area contributed by atoms with Crippen molar-refractivity contribution in [1.82, 2.24) is 0 Å². The van der Waals surface area contributed by atoms with Crippen molar-refractivity contribution in [2.75, 3.05) is 0 Å². The quantitative estimate of drug-likeness (QED) is 0.663. The first-order chi connectivity index (χ1) is 5.93. The summed E-state index contributed by atoms with van der Waals surface area (Å²) in [6.45, 7) is 5.10. The molecule has 0 aliphatic rings. The van der Waals surface area contributed by atoms with Gasteiger partial charge < -0.3 is 9.84 Å². The Hall–Kier alpha value is -1.06. The van der Waals surface area contributed by atoms with Crippen LogP contribution in [0.3, 0.4) is 0 Å². The molecule has 13 heavy (non-hydrogen) atoms. The van der Waals surface area contributed by atoms with Gasteiger partial charge in [-0.05, 0) is 20.3 Å². The summed E-state index contributed by atoms with van der Waals surface area (Å²) in [6, 6.07) is 0. The SMILES string of the molecule is CC(C)OC(=O)CCC(C)C(=O)O. The summed E-state index contributed by atoms with van der Waals surface area (Å²) in [6.07, 6.45) is 0.375. The third kappa shape index (κ3) is 6.13. The fourth-order valence-corrected chi connectivity index (χ4v) is 0.780. The lowest BCUT2D eigenvalue weighted by atomic mass is 10.1. The zero-order valence-electron chi connectivity index (χ0n) is 8.24. The van der Waals surface area contributed by atoms with Crippen LogP contribution in [0.25, 0.3) is 0 Å². The Labute approximate surface area is 77.9 Å². The first-order valence-electron chi connectivity index (χ1n) is 4.35. The number of carbonyl (C=O) groups is 2. The molecule has 0 aromatic heterocycles. The van der Waals surface area contributed by atoms with Gasteiger partial charge in [-0.2, -0.15) is 0 Å². The molecule has 4 nitrogen and oxygen atoms in total. The number of carboxylic acid groups (broad SMARTS) is 1. The van der Waals surface area contributed by atoms with Gasteiger partial charge in [0.05, 0.1) is 12.0 Å². The molecule has 0 aliphatic carbocycles. The molecular weight excluding hydrogens is 172 g/mol. The first kappa shape index (κ1) is 11.9. The summed E-state index contributed by atoms with van der Waals surface area (Å²) in [7, 11) is 0. The number of carboxylic acids is 1. The van der Waals surface area contributed by atoms with E-state index in [1.54, 1.807) is 20.8 Å². The van der Waals surface area contributed by atoms with Crippen LogP contribution in [0.4, 0.5) is 0 Å². The van der Waals surface area contributed by atoms with Crippen molar-refractivity contribution >= 4 is 11.9 Å². The van der Waals surface area contributed by atoms with E-state index >= 15 is 0 Å². The summed E-state index contributed by atoms with van der Waals surface area (Å²) in [5, 5.41) is 8.52. The second kappa shape index (κ2) is 5.56. The Morgan fingerprint density at radius 3 is 2.23 bits per heavy atom. The number of ether oxygens (including phenoxy) is 1. The van der Waals surface area contributed by atoms with Crippen LogP contribution < -0.4 is 0 Å². The third-order valence-electron chi connectivity index (χ3n) is 1.57. The Bertz CT molecular complexity index is 186. The molecule has 0 fully saturated rings. The fraction of sp³-hybridized carbons (Fsp3) is 0.778. The smallest absolute Gasteiger partial charge is 0.306 e. The second-order valence-corrected chi connectivity index (χ2v) is 3.32. The van der Waals surface area contributed by atoms with E-state index in [4.69, 9.17) is 9.84 Å². The van der Waals surface area contributed by atoms with E-state index in [1.165, 1.54) is 0 Å². The van der Waals surface area contributed by atoms with Crippen LogP contribution in [-0.4, -0.2) is 23.1 Å². The molecule has 1 atom stereocenters. The summed E-state index contributed by atoms with van der Waals surface area (Å²) in [5.74, 6) is -1.69. The molecule has 0 saturated heterocycles. The third-order valence-corrected chi connectivity index (χ3v) is 1.57. The molecule has 0 rings (SSSR count). The molecule has 0 amide bonds. The number of hydrogen-bond acceptors (Lipinski definition) is 3. The number of hydrogen-bond donors (Lipinski definition) is 1. The average molecular weight is 188 g/mol. The van der Waals surface area contributed by atoms with Crippen LogP contribution in [0.15, 0.2) is 0 Å². The lowest BCUT2D eigenvalue weighted by Gasteiger charge is -2.08. The molecule has 1 N–H and O–H groups in total. The summed E-state index contributed by atoms with van der Waals surface area (Å²) in [4.78, 5) is 21.3. The van der Waals surface area contributed by atoms with Crippen LogP contribution in [0.5, 0.6) is 0 Å². The number of esters is 1. The van der Waals surface area contributed by atoms with Gasteiger partial charge in [-0.3, -0.25) is 9.59 Å². The predicted molar refractivity (Wildman–Crippen MR) is 47.3 cm³/mol. The molecule has 0 bridgehead atoms. The molecule has 1 unspecified atom stereocenters. The molecule has 76 valence electrons. The highest BCUT2D eigenvalue weighted by atomic mass is 16.5. The lowest BCUT2D eigenvalue weighted by Crippen LogP contribution is -2.15. The number of carbonyl (C=O) groups excluding carboxylic acids is 1. The maximum absolute atomic E-state index is 11.0. The Morgan fingerprint density at radius 1 is 1.31 bits per heavy atom. The van der Waals surface area contributed by atoms with Crippen molar-refractivity contribution in [3.63, 3.8) is 0 Å². The number of rotatable bonds is 5. The van der Waals surface area contributed by atoms with Crippen molar-refractivity contribution in [1.29, 1.82) is 0 Å². The van der Waals surface area contributed by atoms with Gasteiger partial charge in [-0.25, -0.2) is 0 Å². The van der Waals surface area contributed by atoms with Gasteiger partial charge >= 0.3 is 11.9 Å². The van der Waals surface area contributed by atoms with Gasteiger partial charge in [0.25, 0.3) is 0 Å². The highest BCUT2D eigenvalue weighted by molar-refractivity contribution is 5.72. The maximum atomic E-state index is 11.0. The van der Waals surface area contributed by atoms with Crippen LogP contribution >= 0.6 is 0 Å². The van der Waals surface area contributed by atoms with E-state index in [9.17, 15) is 9.59 Å². The molecule has 0 heterocycles. The Kier molecular flexibility index (Phi) is 5.11. The molecule has 0 saturated carbocycles. The minimum absolute atomic E-state index is 0.132. The highest BCUT2D eigenvalue weighted by Crippen LogP contribution is 2.07. The van der Waals surface area contributed by atoms with E-state index in [0.717, 1.165) is 0 Å². The van der Waals surface area contributed by atoms with E-state index in [-0.39, 0.29) is 18.5 Å². The summed E-state index contributed by atoms with van der Waals surface area (Å²) >= 11 is 0. The van der Waals surface area contributed by atoms with Crippen molar-refractivity contribution in [2.24, 2.45) is 5.92 Å². The summed E-state index contributed by atoms with van der Waals surface area (Å²) < 4.78 is 4.85. The van der Waals surface area contributed by atoms with Gasteiger partial charge in [0, 0.05) is 6.42 Å². The molecule has 0 radical (unpaired) electrons. The zero-order valence-corrected chi connectivity index (χ0v) is 8.24. The molecule has 0 spiro atoms. The molecular formula is C9H16O4. The minimum atomic E-state index is -0.877. The van der Waals surface area contributed by atoms with Crippen molar-refractivity contribution in [3.8, 4) is 0 Å². The largest absolute Gasteiger partial charge is 0.481 e. The zero-order chi connectivity index (χ0) is 10.4. The van der Waals surface area contributed by atoms with Gasteiger partial charge in [0.2, 0.25) is 0 Å².